The van der Waals surface area contributed by atoms with E-state index in [0.717, 1.165) is 28.6 Å². The number of halogens is 1. The zero-order valence-corrected chi connectivity index (χ0v) is 14.5. The van der Waals surface area contributed by atoms with Gasteiger partial charge < -0.3 is 10.1 Å². The third kappa shape index (κ3) is 4.17. The summed E-state index contributed by atoms with van der Waals surface area (Å²) in [6.07, 6.45) is 0. The fourth-order valence-corrected chi connectivity index (χ4v) is 2.53. The Morgan fingerprint density at radius 3 is 2.50 bits per heavy atom. The highest BCUT2D eigenvalue weighted by Crippen LogP contribution is 2.30. The molecule has 1 N–H and O–H groups in total. The van der Waals surface area contributed by atoms with Gasteiger partial charge in [-0.1, -0.05) is 56.6 Å². The van der Waals surface area contributed by atoms with Crippen molar-refractivity contribution >= 4 is 17.3 Å². The van der Waals surface area contributed by atoms with Crippen LogP contribution in [0, 0.1) is 6.92 Å². The molecule has 0 aliphatic rings. The van der Waals surface area contributed by atoms with Crippen molar-refractivity contribution in [2.24, 2.45) is 0 Å². The second kappa shape index (κ2) is 7.06. The highest BCUT2D eigenvalue weighted by molar-refractivity contribution is 6.31. The van der Waals surface area contributed by atoms with Gasteiger partial charge in [-0.3, -0.25) is 0 Å². The molecule has 0 saturated carbocycles. The van der Waals surface area contributed by atoms with Crippen molar-refractivity contribution in [3.63, 3.8) is 0 Å². The lowest BCUT2D eigenvalue weighted by Crippen LogP contribution is -2.16. The summed E-state index contributed by atoms with van der Waals surface area (Å²) in [4.78, 5) is 0. The standard InChI is InChI=1S/C19H24ClNO/c1-14-16(20)9-7-10-17(14)21-12-13-22-18-11-6-5-8-15(18)19(2,3)4/h5-11,21H,12-13H2,1-4H3. The second-order valence-corrected chi connectivity index (χ2v) is 6.84. The predicted octanol–water partition coefficient (Wildman–Crippen LogP) is 5.44. The van der Waals surface area contributed by atoms with Gasteiger partial charge in [-0.05, 0) is 41.7 Å². The van der Waals surface area contributed by atoms with E-state index in [4.69, 9.17) is 16.3 Å². The Morgan fingerprint density at radius 1 is 1.05 bits per heavy atom. The Morgan fingerprint density at radius 2 is 1.77 bits per heavy atom. The van der Waals surface area contributed by atoms with Crippen LogP contribution in [-0.4, -0.2) is 13.2 Å². The predicted molar refractivity (Wildman–Crippen MR) is 95.3 cm³/mol. The summed E-state index contributed by atoms with van der Waals surface area (Å²) in [7, 11) is 0. The Bertz CT molecular complexity index is 632. The van der Waals surface area contributed by atoms with Crippen molar-refractivity contribution in [1.29, 1.82) is 0 Å². The molecule has 0 aromatic heterocycles. The Labute approximate surface area is 138 Å². The van der Waals surface area contributed by atoms with E-state index in [1.54, 1.807) is 0 Å². The molecule has 0 atom stereocenters. The Kier molecular flexibility index (Phi) is 5.36. The van der Waals surface area contributed by atoms with Crippen LogP contribution in [0.3, 0.4) is 0 Å². The molecule has 2 nitrogen and oxygen atoms in total. The number of hydrogen-bond donors (Lipinski definition) is 1. The van der Waals surface area contributed by atoms with Gasteiger partial charge in [-0.2, -0.15) is 0 Å². The molecule has 0 radical (unpaired) electrons. The maximum absolute atomic E-state index is 6.12. The minimum Gasteiger partial charge on any atom is -0.491 e. The van der Waals surface area contributed by atoms with Crippen molar-refractivity contribution in [3.8, 4) is 5.75 Å². The van der Waals surface area contributed by atoms with Crippen LogP contribution in [0.4, 0.5) is 5.69 Å². The number of hydrogen-bond acceptors (Lipinski definition) is 2. The van der Waals surface area contributed by atoms with Crippen LogP contribution >= 0.6 is 11.6 Å². The molecule has 2 aromatic carbocycles. The lowest BCUT2D eigenvalue weighted by molar-refractivity contribution is 0.323. The van der Waals surface area contributed by atoms with E-state index >= 15 is 0 Å². The van der Waals surface area contributed by atoms with Crippen molar-refractivity contribution in [1.82, 2.24) is 0 Å². The van der Waals surface area contributed by atoms with Crippen LogP contribution in [0.15, 0.2) is 42.5 Å². The van der Waals surface area contributed by atoms with Crippen LogP contribution in [0.2, 0.25) is 5.02 Å². The molecule has 2 aromatic rings. The van der Waals surface area contributed by atoms with Gasteiger partial charge in [0.2, 0.25) is 0 Å². The fourth-order valence-electron chi connectivity index (χ4n) is 2.36. The maximum Gasteiger partial charge on any atom is 0.123 e. The van der Waals surface area contributed by atoms with Crippen molar-refractivity contribution in [2.45, 2.75) is 33.1 Å². The first-order valence-electron chi connectivity index (χ1n) is 7.61. The lowest BCUT2D eigenvalue weighted by atomic mass is 9.86. The summed E-state index contributed by atoms with van der Waals surface area (Å²) in [5, 5.41) is 4.15. The van der Waals surface area contributed by atoms with Gasteiger partial charge in [-0.15, -0.1) is 0 Å². The molecule has 0 fully saturated rings. The molecule has 0 unspecified atom stereocenters. The summed E-state index contributed by atoms with van der Waals surface area (Å²) in [6.45, 7) is 9.95. The van der Waals surface area contributed by atoms with Crippen LogP contribution in [0.5, 0.6) is 5.75 Å². The van der Waals surface area contributed by atoms with Crippen molar-refractivity contribution in [2.75, 3.05) is 18.5 Å². The lowest BCUT2D eigenvalue weighted by Gasteiger charge is -2.22. The van der Waals surface area contributed by atoms with E-state index < -0.39 is 0 Å². The molecular weight excluding hydrogens is 294 g/mol. The van der Waals surface area contributed by atoms with Crippen LogP contribution < -0.4 is 10.1 Å². The molecular formula is C19H24ClNO. The van der Waals surface area contributed by atoms with Crippen LogP contribution in [0.25, 0.3) is 0 Å². The number of ether oxygens (including phenoxy) is 1. The molecule has 0 amide bonds. The van der Waals surface area contributed by atoms with Gasteiger partial charge in [0, 0.05) is 17.3 Å². The van der Waals surface area contributed by atoms with Gasteiger partial charge in [-0.25, -0.2) is 0 Å². The average molecular weight is 318 g/mol. The minimum absolute atomic E-state index is 0.0769. The average Bonchev–Trinajstić information content (AvgIpc) is 2.47. The third-order valence-corrected chi connectivity index (χ3v) is 4.05. The van der Waals surface area contributed by atoms with Gasteiger partial charge in [0.1, 0.15) is 12.4 Å². The number of nitrogens with one attached hydrogen (secondary N) is 1. The summed E-state index contributed by atoms with van der Waals surface area (Å²) < 4.78 is 5.96. The molecule has 2 rings (SSSR count). The molecule has 0 saturated heterocycles. The van der Waals surface area contributed by atoms with E-state index in [1.807, 2.05) is 37.3 Å². The number of anilines is 1. The Balaban J connectivity index is 1.94. The molecule has 22 heavy (non-hydrogen) atoms. The minimum atomic E-state index is 0.0769. The molecule has 0 heterocycles. The molecule has 0 bridgehead atoms. The second-order valence-electron chi connectivity index (χ2n) is 6.43. The number of para-hydroxylation sites is 1. The zero-order valence-electron chi connectivity index (χ0n) is 13.7. The molecule has 118 valence electrons. The van der Waals surface area contributed by atoms with E-state index in [2.05, 4.69) is 38.2 Å². The summed E-state index contributed by atoms with van der Waals surface area (Å²) in [5.74, 6) is 0.958. The highest BCUT2D eigenvalue weighted by atomic mass is 35.5. The molecule has 0 aliphatic heterocycles. The SMILES string of the molecule is Cc1c(Cl)cccc1NCCOc1ccccc1C(C)(C)C. The largest absolute Gasteiger partial charge is 0.491 e. The molecule has 3 heteroatoms. The zero-order chi connectivity index (χ0) is 16.2. The third-order valence-electron chi connectivity index (χ3n) is 3.64. The first kappa shape index (κ1) is 16.7. The summed E-state index contributed by atoms with van der Waals surface area (Å²) in [5.41, 5.74) is 3.43. The molecule has 0 spiro atoms. The van der Waals surface area contributed by atoms with Crippen molar-refractivity contribution in [3.05, 3.63) is 58.6 Å². The van der Waals surface area contributed by atoms with Gasteiger partial charge >= 0.3 is 0 Å². The van der Waals surface area contributed by atoms with E-state index in [-0.39, 0.29) is 5.41 Å². The van der Waals surface area contributed by atoms with E-state index in [9.17, 15) is 0 Å². The van der Waals surface area contributed by atoms with Gasteiger partial charge in [0.05, 0.1) is 0 Å². The monoisotopic (exact) mass is 317 g/mol. The van der Waals surface area contributed by atoms with Gasteiger partial charge in [0.15, 0.2) is 0 Å². The topological polar surface area (TPSA) is 21.3 Å². The quantitative estimate of drug-likeness (QED) is 0.742. The summed E-state index contributed by atoms with van der Waals surface area (Å²) >= 11 is 6.12. The van der Waals surface area contributed by atoms with E-state index in [0.29, 0.717) is 6.61 Å². The van der Waals surface area contributed by atoms with Crippen LogP contribution in [-0.2, 0) is 5.41 Å². The molecule has 0 aliphatic carbocycles. The Hall–Kier alpha value is -1.67. The maximum atomic E-state index is 6.12. The van der Waals surface area contributed by atoms with Gasteiger partial charge in [0.25, 0.3) is 0 Å². The smallest absolute Gasteiger partial charge is 0.123 e. The summed E-state index contributed by atoms with van der Waals surface area (Å²) in [6, 6.07) is 14.1. The first-order chi connectivity index (χ1) is 10.4. The highest BCUT2D eigenvalue weighted by Gasteiger charge is 2.18. The number of rotatable bonds is 5. The normalized spacial score (nSPS) is 11.3. The van der Waals surface area contributed by atoms with E-state index in [1.165, 1.54) is 5.56 Å². The fraction of sp³-hybridized carbons (Fsp3) is 0.368. The van der Waals surface area contributed by atoms with Crippen LogP contribution in [0.1, 0.15) is 31.9 Å². The van der Waals surface area contributed by atoms with Crippen molar-refractivity contribution < 1.29 is 4.74 Å². The number of benzene rings is 2. The first-order valence-corrected chi connectivity index (χ1v) is 7.98.